The first-order valence-electron chi connectivity index (χ1n) is 10.7. The van der Waals surface area contributed by atoms with Crippen molar-refractivity contribution >= 4 is 5.97 Å². The highest BCUT2D eigenvalue weighted by Crippen LogP contribution is 2.53. The maximum atomic E-state index is 12.1. The van der Waals surface area contributed by atoms with Gasteiger partial charge < -0.3 is 4.74 Å². The van der Waals surface area contributed by atoms with E-state index in [1.54, 1.807) is 6.08 Å². The molecule has 26 heavy (non-hydrogen) atoms. The largest absolute Gasteiger partial charge is 0.449 e. The molecule has 3 heterocycles. The molecule has 0 radical (unpaired) electrons. The molecule has 1 unspecified atom stereocenters. The van der Waals surface area contributed by atoms with E-state index in [1.165, 1.54) is 51.4 Å². The van der Waals surface area contributed by atoms with Crippen LogP contribution in [-0.2, 0) is 9.53 Å². The quantitative estimate of drug-likeness (QED) is 0.399. The molecule has 3 atom stereocenters. The average Bonchev–Trinajstić information content (AvgIpc) is 3.13. The molecular weight excluding hydrogens is 322 g/mol. The number of carbonyl (C=O) groups is 1. The van der Waals surface area contributed by atoms with Gasteiger partial charge in [0.25, 0.3) is 0 Å². The van der Waals surface area contributed by atoms with Crippen LogP contribution in [0.2, 0.25) is 0 Å². The summed E-state index contributed by atoms with van der Waals surface area (Å²) in [6.07, 6.45) is 17.3. The maximum Gasteiger partial charge on any atom is 0.332 e. The minimum atomic E-state index is -0.402. The summed E-state index contributed by atoms with van der Waals surface area (Å²) in [7, 11) is 0. The molecule has 4 aliphatic rings. The zero-order valence-corrected chi connectivity index (χ0v) is 16.1. The summed E-state index contributed by atoms with van der Waals surface area (Å²) in [5, 5.41) is 0. The third-order valence-electron chi connectivity index (χ3n) is 6.55. The van der Waals surface area contributed by atoms with E-state index in [-0.39, 0.29) is 5.97 Å². The third-order valence-corrected chi connectivity index (χ3v) is 6.55. The van der Waals surface area contributed by atoms with Gasteiger partial charge in [-0.2, -0.15) is 0 Å². The third kappa shape index (κ3) is 3.14. The van der Waals surface area contributed by atoms with Gasteiger partial charge in [-0.25, -0.2) is 4.79 Å². The number of hydrogen-bond acceptors (Lipinski definition) is 3. The number of fused-ring (bicyclic) bond motifs is 3. The number of hydrogen-bond donors (Lipinski definition) is 0. The van der Waals surface area contributed by atoms with Crippen LogP contribution in [0, 0.1) is 11.8 Å². The molecule has 0 aromatic rings. The molecular formula is C23H31NO2. The first-order chi connectivity index (χ1) is 12.7. The highest BCUT2D eigenvalue weighted by Gasteiger charge is 2.61. The molecule has 3 heteroatoms. The van der Waals surface area contributed by atoms with E-state index in [0.717, 1.165) is 37.0 Å². The average molecular weight is 354 g/mol. The van der Waals surface area contributed by atoms with Crippen molar-refractivity contribution in [1.82, 2.24) is 4.90 Å². The van der Waals surface area contributed by atoms with Crippen molar-refractivity contribution in [3.05, 3.63) is 23.3 Å². The summed E-state index contributed by atoms with van der Waals surface area (Å²) >= 11 is 0. The molecule has 2 saturated heterocycles. The molecule has 140 valence electrons. The number of rotatable bonds is 6. The number of esters is 1. The van der Waals surface area contributed by atoms with Crippen LogP contribution in [0.1, 0.15) is 77.6 Å². The maximum absolute atomic E-state index is 12.1. The summed E-state index contributed by atoms with van der Waals surface area (Å²) < 4.78 is 5.94. The van der Waals surface area contributed by atoms with Crippen LogP contribution in [0.5, 0.6) is 0 Å². The highest BCUT2D eigenvalue weighted by molar-refractivity contribution is 5.90. The molecule has 4 rings (SSSR count). The van der Waals surface area contributed by atoms with E-state index < -0.39 is 5.60 Å². The van der Waals surface area contributed by atoms with Crippen LogP contribution in [-0.4, -0.2) is 35.1 Å². The van der Waals surface area contributed by atoms with Crippen LogP contribution in [0.25, 0.3) is 0 Å². The standard InChI is InChI=1S/C23H31NO2/c1-2-3-4-5-6-7-8-9-12-18-15-19-17-23(20(18)16-22(25)26-23)21-13-10-11-14-24(19)21/h15-16,19,21H,2-8,10-11,13-14,17H2,1H3/t19-,21?,23+/m1/s1. The van der Waals surface area contributed by atoms with E-state index in [0.29, 0.717) is 12.1 Å². The molecule has 3 aliphatic heterocycles. The molecule has 0 saturated carbocycles. The molecule has 0 aromatic heterocycles. The molecule has 1 spiro atoms. The Morgan fingerprint density at radius 2 is 2.08 bits per heavy atom. The second-order valence-corrected chi connectivity index (χ2v) is 8.29. The zero-order valence-electron chi connectivity index (χ0n) is 16.1. The zero-order chi connectivity index (χ0) is 18.0. The van der Waals surface area contributed by atoms with Gasteiger partial charge in [0.05, 0.1) is 6.04 Å². The van der Waals surface area contributed by atoms with Gasteiger partial charge in [-0.1, -0.05) is 63.4 Å². The Balaban J connectivity index is 1.44. The normalized spacial score (nSPS) is 32.1. The Morgan fingerprint density at radius 3 is 2.96 bits per heavy atom. The Morgan fingerprint density at radius 1 is 1.23 bits per heavy atom. The van der Waals surface area contributed by atoms with E-state index in [9.17, 15) is 4.79 Å². The van der Waals surface area contributed by atoms with Gasteiger partial charge in [-0.05, 0) is 25.8 Å². The second-order valence-electron chi connectivity index (χ2n) is 8.29. The van der Waals surface area contributed by atoms with Crippen LogP contribution < -0.4 is 0 Å². The molecule has 0 aromatic carbocycles. The van der Waals surface area contributed by atoms with Gasteiger partial charge in [-0.3, -0.25) is 4.90 Å². The highest BCUT2D eigenvalue weighted by atomic mass is 16.6. The Bertz CT molecular complexity index is 680. The fraction of sp³-hybridized carbons (Fsp3) is 0.696. The predicted octanol–water partition coefficient (Wildman–Crippen LogP) is 4.53. The van der Waals surface area contributed by atoms with Crippen molar-refractivity contribution in [2.24, 2.45) is 0 Å². The topological polar surface area (TPSA) is 29.5 Å². The van der Waals surface area contributed by atoms with Gasteiger partial charge in [-0.15, -0.1) is 0 Å². The number of carbonyl (C=O) groups excluding carboxylic acids is 1. The number of unbranched alkanes of at least 4 members (excludes halogenated alkanes) is 6. The van der Waals surface area contributed by atoms with Crippen LogP contribution >= 0.6 is 0 Å². The lowest BCUT2D eigenvalue weighted by molar-refractivity contribution is -0.148. The molecule has 0 amide bonds. The molecule has 3 nitrogen and oxygen atoms in total. The number of ether oxygens (including phenoxy) is 1. The van der Waals surface area contributed by atoms with E-state index in [2.05, 4.69) is 29.7 Å². The number of piperidine rings is 1. The van der Waals surface area contributed by atoms with Crippen molar-refractivity contribution in [3.8, 4) is 11.8 Å². The number of nitrogens with zero attached hydrogens (tertiary/aromatic N) is 1. The van der Waals surface area contributed by atoms with Gasteiger partial charge in [0.2, 0.25) is 0 Å². The van der Waals surface area contributed by atoms with E-state index in [4.69, 9.17) is 4.74 Å². The summed E-state index contributed by atoms with van der Waals surface area (Å²) in [5.74, 6) is 6.61. The van der Waals surface area contributed by atoms with Gasteiger partial charge in [0, 0.05) is 36.1 Å². The summed E-state index contributed by atoms with van der Waals surface area (Å²) in [4.78, 5) is 14.7. The van der Waals surface area contributed by atoms with Gasteiger partial charge in [0.15, 0.2) is 5.60 Å². The lowest BCUT2D eigenvalue weighted by Crippen LogP contribution is -2.48. The summed E-state index contributed by atoms with van der Waals surface area (Å²) in [6, 6.07) is 0.745. The smallest absolute Gasteiger partial charge is 0.332 e. The molecule has 2 fully saturated rings. The monoisotopic (exact) mass is 353 g/mol. The van der Waals surface area contributed by atoms with Gasteiger partial charge >= 0.3 is 5.97 Å². The Hall–Kier alpha value is -1.53. The van der Waals surface area contributed by atoms with Crippen LogP contribution in [0.4, 0.5) is 0 Å². The first kappa shape index (κ1) is 17.9. The summed E-state index contributed by atoms with van der Waals surface area (Å²) in [5.41, 5.74) is 1.73. The lowest BCUT2D eigenvalue weighted by atomic mass is 9.77. The predicted molar refractivity (Wildman–Crippen MR) is 104 cm³/mol. The van der Waals surface area contributed by atoms with Crippen molar-refractivity contribution in [2.75, 3.05) is 6.54 Å². The lowest BCUT2D eigenvalue weighted by Gasteiger charge is -2.38. The van der Waals surface area contributed by atoms with Gasteiger partial charge in [0.1, 0.15) is 0 Å². The minimum Gasteiger partial charge on any atom is -0.449 e. The van der Waals surface area contributed by atoms with Crippen LogP contribution in [0.3, 0.4) is 0 Å². The Labute approximate surface area is 157 Å². The molecule has 0 N–H and O–H groups in total. The van der Waals surface area contributed by atoms with E-state index >= 15 is 0 Å². The molecule has 1 aliphatic carbocycles. The summed E-state index contributed by atoms with van der Waals surface area (Å²) in [6.45, 7) is 3.37. The van der Waals surface area contributed by atoms with E-state index in [1.807, 2.05) is 0 Å². The molecule has 2 bridgehead atoms. The van der Waals surface area contributed by atoms with Crippen molar-refractivity contribution in [2.45, 2.75) is 95.2 Å². The fourth-order valence-electron chi connectivity index (χ4n) is 5.32. The van der Waals surface area contributed by atoms with Crippen molar-refractivity contribution in [3.63, 3.8) is 0 Å². The second kappa shape index (κ2) is 7.61. The van der Waals surface area contributed by atoms with Crippen LogP contribution in [0.15, 0.2) is 23.3 Å². The Kier molecular flexibility index (Phi) is 5.23. The minimum absolute atomic E-state index is 0.170. The fourth-order valence-corrected chi connectivity index (χ4v) is 5.32. The SMILES string of the molecule is CCCCCCCCC#CC1=C[C@@H]2C[C@@]3(OC(=O)C=C13)C1CCCCN12. The first-order valence-corrected chi connectivity index (χ1v) is 10.7. The van der Waals surface area contributed by atoms with Crippen molar-refractivity contribution in [1.29, 1.82) is 0 Å². The van der Waals surface area contributed by atoms with Crippen molar-refractivity contribution < 1.29 is 9.53 Å².